The summed E-state index contributed by atoms with van der Waals surface area (Å²) in [6.45, 7) is 1.68. The number of carbonyl (C=O) groups excluding carboxylic acids is 1. The molecular weight excluding hydrogens is 378 g/mol. The van der Waals surface area contributed by atoms with Gasteiger partial charge in [0.05, 0.1) is 29.6 Å². The third kappa shape index (κ3) is 5.29. The zero-order valence-corrected chi connectivity index (χ0v) is 15.2. The van der Waals surface area contributed by atoms with Crippen LogP contribution in [0.5, 0.6) is 0 Å². The van der Waals surface area contributed by atoms with Crippen LogP contribution in [0.15, 0.2) is 36.5 Å². The van der Waals surface area contributed by atoms with E-state index in [1.165, 1.54) is 19.4 Å². The van der Waals surface area contributed by atoms with Gasteiger partial charge in [0.2, 0.25) is 0 Å². The molecule has 0 aliphatic heterocycles. The van der Waals surface area contributed by atoms with Crippen LogP contribution in [0.1, 0.15) is 32.7 Å². The van der Waals surface area contributed by atoms with Crippen molar-refractivity contribution in [1.82, 2.24) is 4.98 Å². The van der Waals surface area contributed by atoms with Gasteiger partial charge in [-0.05, 0) is 54.8 Å². The molecule has 0 bridgehead atoms. The monoisotopic (exact) mass is 397 g/mol. The van der Waals surface area contributed by atoms with E-state index in [9.17, 15) is 22.4 Å². The van der Waals surface area contributed by atoms with Gasteiger partial charge in [-0.1, -0.05) is 0 Å². The number of benzene rings is 1. The molecule has 1 heterocycles. The normalized spacial score (nSPS) is 13.3. The van der Waals surface area contributed by atoms with Crippen LogP contribution in [-0.2, 0) is 17.3 Å². The fourth-order valence-corrected chi connectivity index (χ4v) is 2.62. The quantitative estimate of drug-likeness (QED) is 0.597. The van der Waals surface area contributed by atoms with Crippen LogP contribution < -0.4 is 11.5 Å². The number of methoxy groups -OCH3 is 1. The molecule has 0 saturated heterocycles. The van der Waals surface area contributed by atoms with Gasteiger partial charge in [-0.25, -0.2) is 9.18 Å². The third-order valence-electron chi connectivity index (χ3n) is 3.96. The van der Waals surface area contributed by atoms with Crippen LogP contribution in [-0.4, -0.2) is 24.1 Å². The predicted octanol–water partition coefficient (Wildman–Crippen LogP) is 3.20. The van der Waals surface area contributed by atoms with Gasteiger partial charge in [0.1, 0.15) is 5.82 Å². The number of carbonyl (C=O) groups is 1. The smallest absolute Gasteiger partial charge is 0.416 e. The molecule has 0 spiro atoms. The average molecular weight is 397 g/mol. The fourth-order valence-electron chi connectivity index (χ4n) is 2.62. The number of aromatic nitrogens is 1. The number of nitrogens with zero attached hydrogens (tertiary/aromatic N) is 1. The van der Waals surface area contributed by atoms with E-state index < -0.39 is 29.6 Å². The maximum absolute atomic E-state index is 13.5. The Morgan fingerprint density at radius 2 is 1.96 bits per heavy atom. The van der Waals surface area contributed by atoms with E-state index in [0.717, 1.165) is 12.1 Å². The SMILES string of the molecule is COC(=O)c1cnc(/C(N)=C/C(N)Cc2cc(F)cc(C(F)(F)F)c2)cc1C. The Kier molecular flexibility index (Phi) is 6.40. The lowest BCUT2D eigenvalue weighted by atomic mass is 10.0. The standard InChI is InChI=1S/C19H19F4N3O2/c1-10-3-17(26-9-15(10)18(27)28-2)16(25)8-14(24)6-11-4-12(19(21,22)23)7-13(20)5-11/h3-5,7-9,14H,6,24-25H2,1-2H3/b16-8-. The van der Waals surface area contributed by atoms with E-state index in [-0.39, 0.29) is 23.2 Å². The van der Waals surface area contributed by atoms with E-state index in [2.05, 4.69) is 9.72 Å². The lowest BCUT2D eigenvalue weighted by molar-refractivity contribution is -0.137. The Labute approximate surface area is 159 Å². The second-order valence-electron chi connectivity index (χ2n) is 6.21. The van der Waals surface area contributed by atoms with Crippen molar-refractivity contribution in [2.24, 2.45) is 11.5 Å². The van der Waals surface area contributed by atoms with E-state index >= 15 is 0 Å². The molecule has 0 radical (unpaired) electrons. The maximum atomic E-state index is 13.5. The predicted molar refractivity (Wildman–Crippen MR) is 95.6 cm³/mol. The van der Waals surface area contributed by atoms with Gasteiger partial charge in [-0.15, -0.1) is 0 Å². The van der Waals surface area contributed by atoms with E-state index in [1.54, 1.807) is 13.0 Å². The van der Waals surface area contributed by atoms with Crippen molar-refractivity contribution in [3.05, 3.63) is 70.3 Å². The Hall–Kier alpha value is -2.94. The van der Waals surface area contributed by atoms with E-state index in [4.69, 9.17) is 11.5 Å². The summed E-state index contributed by atoms with van der Waals surface area (Å²) in [5.41, 5.74) is 12.3. The largest absolute Gasteiger partial charge is 0.465 e. The number of rotatable bonds is 5. The summed E-state index contributed by atoms with van der Waals surface area (Å²) in [5, 5.41) is 0. The Morgan fingerprint density at radius 1 is 1.29 bits per heavy atom. The molecule has 0 saturated carbocycles. The zero-order chi connectivity index (χ0) is 21.1. The third-order valence-corrected chi connectivity index (χ3v) is 3.96. The van der Waals surface area contributed by atoms with Crippen molar-refractivity contribution in [3.63, 3.8) is 0 Å². The van der Waals surface area contributed by atoms with Crippen molar-refractivity contribution in [1.29, 1.82) is 0 Å². The molecule has 0 aliphatic rings. The van der Waals surface area contributed by atoms with E-state index in [1.807, 2.05) is 0 Å². The summed E-state index contributed by atoms with van der Waals surface area (Å²) in [5.74, 6) is -1.54. The number of esters is 1. The lowest BCUT2D eigenvalue weighted by Gasteiger charge is -2.13. The molecule has 4 N–H and O–H groups in total. The van der Waals surface area contributed by atoms with Gasteiger partial charge >= 0.3 is 12.1 Å². The summed E-state index contributed by atoms with van der Waals surface area (Å²) in [7, 11) is 1.25. The molecule has 1 aromatic carbocycles. The fraction of sp³-hybridized carbons (Fsp3) is 0.263. The van der Waals surface area contributed by atoms with Crippen molar-refractivity contribution in [2.75, 3.05) is 7.11 Å². The van der Waals surface area contributed by atoms with E-state index in [0.29, 0.717) is 17.3 Å². The first-order chi connectivity index (χ1) is 13.0. The van der Waals surface area contributed by atoms with Crippen LogP contribution in [0.2, 0.25) is 0 Å². The van der Waals surface area contributed by atoms with Crippen LogP contribution >= 0.6 is 0 Å². The molecule has 0 amide bonds. The van der Waals surface area contributed by atoms with Crippen LogP contribution in [0, 0.1) is 12.7 Å². The summed E-state index contributed by atoms with van der Waals surface area (Å²) < 4.78 is 56.5. The van der Waals surface area contributed by atoms with Gasteiger partial charge in [-0.3, -0.25) is 4.98 Å². The first-order valence-electron chi connectivity index (χ1n) is 8.16. The molecule has 0 aliphatic carbocycles. The summed E-state index contributed by atoms with van der Waals surface area (Å²) in [6, 6.07) is 3.06. The van der Waals surface area contributed by atoms with Crippen LogP contribution in [0.25, 0.3) is 5.70 Å². The van der Waals surface area contributed by atoms with Gasteiger partial charge in [-0.2, -0.15) is 13.2 Å². The molecule has 28 heavy (non-hydrogen) atoms. The Balaban J connectivity index is 2.21. The molecule has 9 heteroatoms. The van der Waals surface area contributed by atoms with Crippen LogP contribution in [0.3, 0.4) is 0 Å². The zero-order valence-electron chi connectivity index (χ0n) is 15.2. The number of pyridine rings is 1. The molecule has 1 unspecified atom stereocenters. The molecule has 150 valence electrons. The number of hydrogen-bond donors (Lipinski definition) is 2. The minimum atomic E-state index is -4.65. The lowest BCUT2D eigenvalue weighted by Crippen LogP contribution is -2.22. The average Bonchev–Trinajstić information content (AvgIpc) is 2.59. The van der Waals surface area contributed by atoms with Crippen molar-refractivity contribution in [2.45, 2.75) is 25.6 Å². The number of hydrogen-bond acceptors (Lipinski definition) is 5. The number of alkyl halides is 3. The highest BCUT2D eigenvalue weighted by atomic mass is 19.4. The van der Waals surface area contributed by atoms with Gasteiger partial charge in [0.15, 0.2) is 0 Å². The van der Waals surface area contributed by atoms with Gasteiger partial charge in [0.25, 0.3) is 0 Å². The highest BCUT2D eigenvalue weighted by molar-refractivity contribution is 5.90. The Morgan fingerprint density at radius 3 is 2.54 bits per heavy atom. The molecule has 2 rings (SSSR count). The number of halogens is 4. The summed E-state index contributed by atoms with van der Waals surface area (Å²) >= 11 is 0. The Bertz CT molecular complexity index is 911. The van der Waals surface area contributed by atoms with Crippen molar-refractivity contribution in [3.8, 4) is 0 Å². The van der Waals surface area contributed by atoms with Gasteiger partial charge < -0.3 is 16.2 Å². The molecular formula is C19H19F4N3O2. The van der Waals surface area contributed by atoms with Crippen LogP contribution in [0.4, 0.5) is 17.6 Å². The molecule has 1 aromatic heterocycles. The number of nitrogens with two attached hydrogens (primary N) is 2. The minimum Gasteiger partial charge on any atom is -0.465 e. The first kappa shape index (κ1) is 21.4. The van der Waals surface area contributed by atoms with Gasteiger partial charge in [0, 0.05) is 12.2 Å². The second-order valence-corrected chi connectivity index (χ2v) is 6.21. The topological polar surface area (TPSA) is 91.2 Å². The molecule has 2 aromatic rings. The summed E-state index contributed by atoms with van der Waals surface area (Å²) in [6.07, 6.45) is -1.98. The molecule has 5 nitrogen and oxygen atoms in total. The van der Waals surface area contributed by atoms with Crippen molar-refractivity contribution >= 4 is 11.7 Å². The maximum Gasteiger partial charge on any atom is 0.416 e. The number of ether oxygens (including phenoxy) is 1. The number of aryl methyl sites for hydroxylation is 1. The highest BCUT2D eigenvalue weighted by Gasteiger charge is 2.31. The highest BCUT2D eigenvalue weighted by Crippen LogP contribution is 2.30. The molecule has 1 atom stereocenters. The first-order valence-corrected chi connectivity index (χ1v) is 8.16. The summed E-state index contributed by atoms with van der Waals surface area (Å²) in [4.78, 5) is 15.7. The van der Waals surface area contributed by atoms with Crippen molar-refractivity contribution < 1.29 is 27.1 Å². The second kappa shape index (κ2) is 8.39. The minimum absolute atomic E-state index is 0.0548. The molecule has 0 fully saturated rings.